The number of hydrogen-bond donors (Lipinski definition) is 2. The minimum absolute atomic E-state index is 0.0643. The third-order valence-electron chi connectivity index (χ3n) is 4.80. The summed E-state index contributed by atoms with van der Waals surface area (Å²) in [5.74, 6) is 2.19. The van der Waals surface area contributed by atoms with Gasteiger partial charge in [0.05, 0.1) is 6.61 Å². The largest absolute Gasteiger partial charge is 0.460 e. The molecule has 0 aromatic carbocycles. The van der Waals surface area contributed by atoms with Crippen molar-refractivity contribution in [3.63, 3.8) is 0 Å². The van der Waals surface area contributed by atoms with Gasteiger partial charge in [0.15, 0.2) is 6.10 Å². The Bertz CT molecular complexity index is 301. The lowest BCUT2D eigenvalue weighted by Crippen LogP contribution is -2.39. The molecule has 2 saturated carbocycles. The molecule has 0 aliphatic heterocycles. The molecule has 19 heavy (non-hydrogen) atoms. The Morgan fingerprint density at radius 2 is 1.74 bits per heavy atom. The third kappa shape index (κ3) is 3.69. The molecule has 0 saturated heterocycles. The first kappa shape index (κ1) is 14.8. The third-order valence-corrected chi connectivity index (χ3v) is 4.80. The summed E-state index contributed by atoms with van der Waals surface area (Å²) in [5.41, 5.74) is 0. The lowest BCUT2D eigenvalue weighted by molar-refractivity contribution is -0.165. The predicted molar refractivity (Wildman–Crippen MR) is 71.4 cm³/mol. The van der Waals surface area contributed by atoms with E-state index in [0.717, 1.165) is 24.7 Å². The molecule has 2 aliphatic carbocycles. The Hall–Kier alpha value is -0.610. The van der Waals surface area contributed by atoms with Gasteiger partial charge in [0.25, 0.3) is 0 Å². The Balaban J connectivity index is 1.87. The number of carbonyl (C=O) groups excluding carboxylic acids is 1. The first-order valence-electron chi connectivity index (χ1n) is 7.49. The highest BCUT2D eigenvalue weighted by Gasteiger charge is 2.38. The van der Waals surface area contributed by atoms with E-state index in [4.69, 9.17) is 9.84 Å². The van der Waals surface area contributed by atoms with Gasteiger partial charge in [0.1, 0.15) is 6.10 Å². The van der Waals surface area contributed by atoms with Crippen molar-refractivity contribution in [3.8, 4) is 0 Å². The summed E-state index contributed by atoms with van der Waals surface area (Å²) < 4.78 is 5.33. The summed E-state index contributed by atoms with van der Waals surface area (Å²) in [7, 11) is 0. The maximum Gasteiger partial charge on any atom is 0.337 e. The first-order valence-corrected chi connectivity index (χ1v) is 7.49. The second-order valence-corrected chi connectivity index (χ2v) is 6.67. The lowest BCUT2D eigenvalue weighted by Gasteiger charge is -2.43. The van der Waals surface area contributed by atoms with Gasteiger partial charge in [-0.25, -0.2) is 4.79 Å². The van der Waals surface area contributed by atoms with Gasteiger partial charge in [0, 0.05) is 0 Å². The quantitative estimate of drug-likeness (QED) is 0.764. The number of hydrogen-bond acceptors (Lipinski definition) is 4. The van der Waals surface area contributed by atoms with Crippen LogP contribution in [-0.2, 0) is 9.53 Å². The zero-order valence-corrected chi connectivity index (χ0v) is 11.9. The molecule has 2 rings (SSSR count). The monoisotopic (exact) mass is 270 g/mol. The highest BCUT2D eigenvalue weighted by Crippen LogP contribution is 2.45. The van der Waals surface area contributed by atoms with Gasteiger partial charge in [-0.05, 0) is 55.8 Å². The Morgan fingerprint density at radius 1 is 1.16 bits per heavy atom. The van der Waals surface area contributed by atoms with Gasteiger partial charge in [-0.3, -0.25) is 0 Å². The maximum absolute atomic E-state index is 11.5. The van der Waals surface area contributed by atoms with Crippen LogP contribution in [0, 0.1) is 23.7 Å². The first-order chi connectivity index (χ1) is 8.99. The highest BCUT2D eigenvalue weighted by molar-refractivity contribution is 5.74. The molecule has 2 N–H and O–H groups in total. The van der Waals surface area contributed by atoms with Crippen LogP contribution in [0.4, 0.5) is 0 Å². The van der Waals surface area contributed by atoms with E-state index in [-0.39, 0.29) is 6.10 Å². The summed E-state index contributed by atoms with van der Waals surface area (Å²) in [5, 5.41) is 18.0. The van der Waals surface area contributed by atoms with Crippen LogP contribution in [0.25, 0.3) is 0 Å². The van der Waals surface area contributed by atoms with Crippen LogP contribution in [-0.4, -0.2) is 35.0 Å². The molecule has 0 aromatic rings. The van der Waals surface area contributed by atoms with Crippen molar-refractivity contribution < 1.29 is 19.7 Å². The molecular formula is C15H26O4. The van der Waals surface area contributed by atoms with Gasteiger partial charge in [-0.2, -0.15) is 0 Å². The molecule has 3 atom stereocenters. The van der Waals surface area contributed by atoms with Gasteiger partial charge in [-0.1, -0.05) is 13.8 Å². The van der Waals surface area contributed by atoms with Crippen molar-refractivity contribution >= 4 is 5.97 Å². The van der Waals surface area contributed by atoms with E-state index in [1.54, 1.807) is 0 Å². The number of fused-ring (bicyclic) bond motifs is 2. The fraction of sp³-hybridized carbons (Fsp3) is 0.933. The smallest absolute Gasteiger partial charge is 0.337 e. The minimum atomic E-state index is -1.38. The van der Waals surface area contributed by atoms with Crippen molar-refractivity contribution in [2.24, 2.45) is 23.7 Å². The number of aliphatic hydroxyl groups is 2. The SMILES string of the molecule is CC(C)C1CC2CC(CC(OC(=O)C(O)CO)C2)C1. The molecular weight excluding hydrogens is 244 g/mol. The zero-order chi connectivity index (χ0) is 14.0. The lowest BCUT2D eigenvalue weighted by atomic mass is 9.65. The highest BCUT2D eigenvalue weighted by atomic mass is 16.6. The molecule has 2 aliphatic rings. The van der Waals surface area contributed by atoms with Crippen molar-refractivity contribution in [3.05, 3.63) is 0 Å². The Labute approximate surface area is 115 Å². The topological polar surface area (TPSA) is 66.8 Å². The van der Waals surface area contributed by atoms with E-state index in [9.17, 15) is 9.90 Å². The number of rotatable bonds is 4. The van der Waals surface area contributed by atoms with Crippen molar-refractivity contribution in [1.29, 1.82) is 0 Å². The van der Waals surface area contributed by atoms with E-state index in [2.05, 4.69) is 13.8 Å². The molecule has 4 heteroatoms. The zero-order valence-electron chi connectivity index (χ0n) is 11.9. The molecule has 0 aromatic heterocycles. The molecule has 4 nitrogen and oxygen atoms in total. The fourth-order valence-electron chi connectivity index (χ4n) is 3.80. The van der Waals surface area contributed by atoms with Crippen LogP contribution >= 0.6 is 0 Å². The second-order valence-electron chi connectivity index (χ2n) is 6.67. The summed E-state index contributed by atoms with van der Waals surface area (Å²) in [6.45, 7) is 4.02. The van der Waals surface area contributed by atoms with Gasteiger partial charge >= 0.3 is 5.97 Å². The standard InChI is InChI=1S/C15H26O4/c1-9(2)12-4-10-3-11(5-12)7-13(6-10)19-15(18)14(17)8-16/h9-14,16-17H,3-8H2,1-2H3. The van der Waals surface area contributed by atoms with Crippen molar-refractivity contribution in [2.75, 3.05) is 6.61 Å². The van der Waals surface area contributed by atoms with Crippen LogP contribution in [0.15, 0.2) is 0 Å². The maximum atomic E-state index is 11.5. The van der Waals surface area contributed by atoms with Crippen LogP contribution in [0.3, 0.4) is 0 Å². The van der Waals surface area contributed by atoms with Gasteiger partial charge < -0.3 is 14.9 Å². The average molecular weight is 270 g/mol. The van der Waals surface area contributed by atoms with Crippen molar-refractivity contribution in [2.45, 2.75) is 58.2 Å². The molecule has 0 spiro atoms. The second kappa shape index (κ2) is 6.23. The van der Waals surface area contributed by atoms with E-state index in [0.29, 0.717) is 11.8 Å². The summed E-state index contributed by atoms with van der Waals surface area (Å²) in [6, 6.07) is 0. The van der Waals surface area contributed by atoms with E-state index in [1.807, 2.05) is 0 Å². The molecule has 2 fully saturated rings. The molecule has 0 heterocycles. The molecule has 0 radical (unpaired) electrons. The van der Waals surface area contributed by atoms with Crippen LogP contribution < -0.4 is 0 Å². The van der Waals surface area contributed by atoms with E-state index >= 15 is 0 Å². The minimum Gasteiger partial charge on any atom is -0.460 e. The predicted octanol–water partition coefficient (Wildman–Crippen LogP) is 1.73. The van der Waals surface area contributed by atoms with Gasteiger partial charge in [0.2, 0.25) is 0 Å². The van der Waals surface area contributed by atoms with E-state index < -0.39 is 18.7 Å². The number of aliphatic hydroxyl groups excluding tert-OH is 2. The van der Waals surface area contributed by atoms with Crippen LogP contribution in [0.1, 0.15) is 46.0 Å². The summed E-state index contributed by atoms with van der Waals surface area (Å²) in [4.78, 5) is 11.5. The van der Waals surface area contributed by atoms with Crippen LogP contribution in [0.5, 0.6) is 0 Å². The number of esters is 1. The number of ether oxygens (including phenoxy) is 1. The molecule has 2 bridgehead atoms. The summed E-state index contributed by atoms with van der Waals surface area (Å²) in [6.07, 6.45) is 4.14. The average Bonchev–Trinajstić information content (AvgIpc) is 2.36. The molecule has 3 unspecified atom stereocenters. The van der Waals surface area contributed by atoms with Crippen molar-refractivity contribution in [1.82, 2.24) is 0 Å². The van der Waals surface area contributed by atoms with Gasteiger partial charge in [-0.15, -0.1) is 0 Å². The Morgan fingerprint density at radius 3 is 2.21 bits per heavy atom. The normalized spacial score (nSPS) is 36.1. The Kier molecular flexibility index (Phi) is 4.85. The molecule has 0 amide bonds. The fourth-order valence-corrected chi connectivity index (χ4v) is 3.80. The number of carbonyl (C=O) groups is 1. The summed E-state index contributed by atoms with van der Waals surface area (Å²) >= 11 is 0. The van der Waals surface area contributed by atoms with Crippen LogP contribution in [0.2, 0.25) is 0 Å². The molecule has 110 valence electrons. The van der Waals surface area contributed by atoms with E-state index in [1.165, 1.54) is 19.3 Å².